The molecule has 0 spiro atoms. The minimum absolute atomic E-state index is 0.347. The van der Waals surface area contributed by atoms with E-state index in [1.54, 1.807) is 0 Å². The minimum Gasteiger partial charge on any atom is -0.491 e. The Bertz CT molecular complexity index is 569. The first-order valence-corrected chi connectivity index (χ1v) is 11.0. The summed E-state index contributed by atoms with van der Waals surface area (Å²) in [6, 6.07) is 8.92. The number of nitrogens with zero attached hydrogens (tertiary/aromatic N) is 2. The molecule has 1 saturated carbocycles. The summed E-state index contributed by atoms with van der Waals surface area (Å²) in [4.78, 5) is 4.79. The third kappa shape index (κ3) is 6.73. The van der Waals surface area contributed by atoms with Crippen molar-refractivity contribution in [2.75, 3.05) is 40.4 Å². The molecule has 28 heavy (non-hydrogen) atoms. The van der Waals surface area contributed by atoms with E-state index in [4.69, 9.17) is 9.47 Å². The van der Waals surface area contributed by atoms with Crippen LogP contribution in [0.3, 0.4) is 0 Å². The number of aliphatic hydroxyl groups is 1. The number of aliphatic hydroxyl groups excluding tert-OH is 1. The van der Waals surface area contributed by atoms with E-state index in [1.165, 1.54) is 37.7 Å². The molecule has 1 aromatic rings. The first-order chi connectivity index (χ1) is 13.6. The largest absolute Gasteiger partial charge is 0.491 e. The van der Waals surface area contributed by atoms with E-state index in [2.05, 4.69) is 29.0 Å². The molecule has 3 rings (SSSR count). The summed E-state index contributed by atoms with van der Waals surface area (Å²) >= 11 is 0. The van der Waals surface area contributed by atoms with Crippen LogP contribution in [0.25, 0.3) is 0 Å². The summed E-state index contributed by atoms with van der Waals surface area (Å²) in [5, 5.41) is 10.4. The third-order valence-electron chi connectivity index (χ3n) is 6.31. The summed E-state index contributed by atoms with van der Waals surface area (Å²) < 4.78 is 11.4. The number of benzene rings is 1. The maximum atomic E-state index is 10.4. The lowest BCUT2D eigenvalue weighted by molar-refractivity contribution is 0.0388. The van der Waals surface area contributed by atoms with Gasteiger partial charge in [-0.2, -0.15) is 0 Å². The van der Waals surface area contributed by atoms with E-state index in [0.717, 1.165) is 38.2 Å². The Morgan fingerprint density at radius 3 is 2.61 bits per heavy atom. The van der Waals surface area contributed by atoms with Crippen molar-refractivity contribution in [2.24, 2.45) is 0 Å². The molecule has 1 aliphatic heterocycles. The summed E-state index contributed by atoms with van der Waals surface area (Å²) in [5.74, 6) is 0.851. The normalized spacial score (nSPS) is 21.1. The van der Waals surface area contributed by atoms with Crippen molar-refractivity contribution < 1.29 is 14.6 Å². The lowest BCUT2D eigenvalue weighted by atomic mass is 9.94. The Kier molecular flexibility index (Phi) is 8.59. The Hall–Kier alpha value is -1.14. The molecule has 0 radical (unpaired) electrons. The van der Waals surface area contributed by atoms with Gasteiger partial charge in [-0.3, -0.25) is 4.90 Å². The fourth-order valence-corrected chi connectivity index (χ4v) is 4.54. The van der Waals surface area contributed by atoms with Gasteiger partial charge in [0, 0.05) is 39.3 Å². The van der Waals surface area contributed by atoms with Crippen LogP contribution >= 0.6 is 0 Å². The molecule has 1 N–H and O–H groups in total. The van der Waals surface area contributed by atoms with Gasteiger partial charge in [0.1, 0.15) is 18.5 Å². The highest BCUT2D eigenvalue weighted by Gasteiger charge is 2.21. The molecule has 1 saturated heterocycles. The number of piperidine rings is 1. The van der Waals surface area contributed by atoms with E-state index in [9.17, 15) is 5.11 Å². The molecule has 1 atom stereocenters. The number of likely N-dealkylation sites (tertiary alicyclic amines) is 1. The molecule has 5 nitrogen and oxygen atoms in total. The average Bonchev–Trinajstić information content (AvgIpc) is 2.74. The van der Waals surface area contributed by atoms with Crippen molar-refractivity contribution in [1.29, 1.82) is 0 Å². The van der Waals surface area contributed by atoms with Gasteiger partial charge in [0.15, 0.2) is 0 Å². The summed E-state index contributed by atoms with van der Waals surface area (Å²) in [6.07, 6.45) is 8.68. The van der Waals surface area contributed by atoms with Crippen LogP contribution in [-0.2, 0) is 11.3 Å². The zero-order chi connectivity index (χ0) is 19.8. The molecule has 1 aliphatic carbocycles. The van der Waals surface area contributed by atoms with Gasteiger partial charge in [0.2, 0.25) is 0 Å². The predicted octanol–water partition coefficient (Wildman–Crippen LogP) is 3.30. The van der Waals surface area contributed by atoms with Gasteiger partial charge in [-0.1, -0.05) is 31.4 Å². The molecule has 1 aromatic carbocycles. The van der Waals surface area contributed by atoms with Crippen LogP contribution in [0, 0.1) is 0 Å². The maximum Gasteiger partial charge on any atom is 0.119 e. The number of likely N-dealkylation sites (N-methyl/N-ethyl adjacent to an activating group) is 1. The molecule has 158 valence electrons. The highest BCUT2D eigenvalue weighted by Crippen LogP contribution is 2.22. The summed E-state index contributed by atoms with van der Waals surface area (Å²) in [6.45, 7) is 4.13. The highest BCUT2D eigenvalue weighted by atomic mass is 16.5. The quantitative estimate of drug-likeness (QED) is 0.701. The molecule has 1 heterocycles. The Balaban J connectivity index is 1.41. The van der Waals surface area contributed by atoms with E-state index in [0.29, 0.717) is 25.3 Å². The third-order valence-corrected chi connectivity index (χ3v) is 6.31. The summed E-state index contributed by atoms with van der Waals surface area (Å²) in [5.41, 5.74) is 1.27. The van der Waals surface area contributed by atoms with E-state index in [-0.39, 0.29) is 0 Å². The van der Waals surface area contributed by atoms with Gasteiger partial charge >= 0.3 is 0 Å². The first kappa shape index (κ1) is 21.6. The number of methoxy groups -OCH3 is 1. The Morgan fingerprint density at radius 2 is 1.89 bits per heavy atom. The molecule has 2 fully saturated rings. The smallest absolute Gasteiger partial charge is 0.119 e. The fourth-order valence-electron chi connectivity index (χ4n) is 4.54. The van der Waals surface area contributed by atoms with Gasteiger partial charge in [-0.05, 0) is 50.4 Å². The first-order valence-electron chi connectivity index (χ1n) is 11.0. The van der Waals surface area contributed by atoms with Crippen LogP contribution in [-0.4, -0.2) is 73.6 Å². The topological polar surface area (TPSA) is 45.2 Å². The van der Waals surface area contributed by atoms with Crippen molar-refractivity contribution in [3.05, 3.63) is 29.8 Å². The van der Waals surface area contributed by atoms with Crippen molar-refractivity contribution in [1.82, 2.24) is 9.80 Å². The second-order valence-electron chi connectivity index (χ2n) is 8.55. The molecular formula is C23H38N2O3. The van der Waals surface area contributed by atoms with Gasteiger partial charge in [-0.25, -0.2) is 0 Å². The number of hydrogen-bond donors (Lipinski definition) is 1. The van der Waals surface area contributed by atoms with Crippen molar-refractivity contribution >= 4 is 0 Å². The van der Waals surface area contributed by atoms with E-state index >= 15 is 0 Å². The molecule has 0 bridgehead atoms. The lowest BCUT2D eigenvalue weighted by Gasteiger charge is -2.32. The van der Waals surface area contributed by atoms with Crippen LogP contribution < -0.4 is 4.74 Å². The minimum atomic E-state index is -0.455. The SMILES string of the molecule is COC1CCN(Cc2cccc(OCC(O)CN(C)C3CCCCC3)c2)CC1. The van der Waals surface area contributed by atoms with E-state index in [1.807, 2.05) is 19.2 Å². The van der Waals surface area contributed by atoms with Crippen LogP contribution in [0.15, 0.2) is 24.3 Å². The lowest BCUT2D eigenvalue weighted by Crippen LogP contribution is -2.40. The predicted molar refractivity (Wildman–Crippen MR) is 113 cm³/mol. The van der Waals surface area contributed by atoms with Gasteiger partial charge in [0.25, 0.3) is 0 Å². The van der Waals surface area contributed by atoms with Crippen LogP contribution in [0.1, 0.15) is 50.5 Å². The molecule has 5 heteroatoms. The van der Waals surface area contributed by atoms with Gasteiger partial charge in [-0.15, -0.1) is 0 Å². The van der Waals surface area contributed by atoms with Crippen molar-refractivity contribution in [3.63, 3.8) is 0 Å². The highest BCUT2D eigenvalue weighted by molar-refractivity contribution is 5.28. The maximum absolute atomic E-state index is 10.4. The Labute approximate surface area is 170 Å². The second-order valence-corrected chi connectivity index (χ2v) is 8.55. The summed E-state index contributed by atoms with van der Waals surface area (Å²) in [7, 11) is 3.94. The average molecular weight is 391 g/mol. The van der Waals surface area contributed by atoms with Crippen LogP contribution in [0.5, 0.6) is 5.75 Å². The molecule has 2 aliphatic rings. The van der Waals surface area contributed by atoms with Gasteiger partial charge in [0.05, 0.1) is 6.10 Å². The molecule has 0 amide bonds. The zero-order valence-electron chi connectivity index (χ0n) is 17.7. The number of hydrogen-bond acceptors (Lipinski definition) is 5. The standard InChI is InChI=1S/C23H38N2O3/c1-24(20-8-4-3-5-9-20)17-21(26)18-28-23-10-6-7-19(15-23)16-25-13-11-22(27-2)12-14-25/h6-7,10,15,20-22,26H,3-5,8-9,11-14,16-18H2,1-2H3. The fraction of sp³-hybridized carbons (Fsp3) is 0.739. The van der Waals surface area contributed by atoms with Gasteiger partial charge < -0.3 is 19.5 Å². The zero-order valence-corrected chi connectivity index (χ0v) is 17.7. The number of rotatable bonds is 9. The van der Waals surface area contributed by atoms with E-state index < -0.39 is 6.10 Å². The van der Waals surface area contributed by atoms with Crippen LogP contribution in [0.2, 0.25) is 0 Å². The number of ether oxygens (including phenoxy) is 2. The van der Waals surface area contributed by atoms with Crippen LogP contribution in [0.4, 0.5) is 0 Å². The molecule has 1 unspecified atom stereocenters. The second kappa shape index (κ2) is 11.1. The monoisotopic (exact) mass is 390 g/mol. The molecular weight excluding hydrogens is 352 g/mol. The van der Waals surface area contributed by atoms with Crippen molar-refractivity contribution in [3.8, 4) is 5.75 Å². The van der Waals surface area contributed by atoms with Crippen molar-refractivity contribution in [2.45, 2.75) is 69.7 Å². The Morgan fingerprint density at radius 1 is 1.14 bits per heavy atom. The molecule has 0 aromatic heterocycles.